The van der Waals surface area contributed by atoms with Crippen molar-refractivity contribution in [3.8, 4) is 5.88 Å². The molecule has 0 aliphatic rings. The van der Waals surface area contributed by atoms with E-state index in [9.17, 15) is 0 Å². The van der Waals surface area contributed by atoms with Gasteiger partial charge in [0.2, 0.25) is 5.88 Å². The average Bonchev–Trinajstić information content (AvgIpc) is 2.50. The van der Waals surface area contributed by atoms with Gasteiger partial charge in [-0.05, 0) is 24.8 Å². The van der Waals surface area contributed by atoms with Crippen LogP contribution in [0.2, 0.25) is 0 Å². The van der Waals surface area contributed by atoms with Crippen LogP contribution in [0, 0.1) is 6.92 Å². The molecule has 0 fully saturated rings. The number of ether oxygens (including phenoxy) is 1. The van der Waals surface area contributed by atoms with Gasteiger partial charge in [-0.15, -0.1) is 11.3 Å². The minimum Gasteiger partial charge on any atom is -0.477 e. The Balaban J connectivity index is 2.63. The second-order valence-electron chi connectivity index (χ2n) is 2.71. The van der Waals surface area contributed by atoms with Gasteiger partial charge in [0, 0.05) is 0 Å². The van der Waals surface area contributed by atoms with Crippen LogP contribution in [0.5, 0.6) is 5.88 Å². The fourth-order valence-corrected chi connectivity index (χ4v) is 2.13. The Morgan fingerprint density at radius 1 is 1.46 bits per heavy atom. The van der Waals surface area contributed by atoms with Gasteiger partial charge in [-0.2, -0.15) is 0 Å². The van der Waals surface area contributed by atoms with Crippen LogP contribution in [0.3, 0.4) is 0 Å². The molecule has 4 heteroatoms. The highest BCUT2D eigenvalue weighted by molar-refractivity contribution is 7.17. The van der Waals surface area contributed by atoms with E-state index in [0.29, 0.717) is 12.5 Å². The van der Waals surface area contributed by atoms with Crippen molar-refractivity contribution in [1.29, 1.82) is 0 Å². The smallest absolute Gasteiger partial charge is 0.234 e. The van der Waals surface area contributed by atoms with Crippen molar-refractivity contribution in [3.05, 3.63) is 17.3 Å². The molecule has 0 atom stereocenters. The fraction of sp³-hybridized carbons (Fsp3) is 0.333. The zero-order valence-electron chi connectivity index (χ0n) is 7.57. The summed E-state index contributed by atoms with van der Waals surface area (Å²) >= 11 is 1.63. The number of aromatic nitrogens is 2. The summed E-state index contributed by atoms with van der Waals surface area (Å²) < 4.78 is 6.44. The number of hydrogen-bond donors (Lipinski definition) is 0. The van der Waals surface area contributed by atoms with Gasteiger partial charge in [0.1, 0.15) is 11.0 Å². The zero-order chi connectivity index (χ0) is 9.26. The fourth-order valence-electron chi connectivity index (χ4n) is 1.19. The van der Waals surface area contributed by atoms with Crippen molar-refractivity contribution < 1.29 is 4.74 Å². The summed E-state index contributed by atoms with van der Waals surface area (Å²) in [6.07, 6.45) is 1.55. The maximum atomic E-state index is 5.39. The Hall–Kier alpha value is -1.16. The molecule has 0 radical (unpaired) electrons. The van der Waals surface area contributed by atoms with Gasteiger partial charge in [0.25, 0.3) is 0 Å². The number of hydrogen-bond acceptors (Lipinski definition) is 4. The Kier molecular flexibility index (Phi) is 2.14. The predicted octanol–water partition coefficient (Wildman–Crippen LogP) is 2.40. The standard InChI is InChI=1S/C9H10N2OS/c1-3-12-9-8-7(10-5-11-9)6(2)4-13-8/h4-5H,3H2,1-2H3. The molecule has 0 aliphatic carbocycles. The Labute approximate surface area is 80.4 Å². The lowest BCUT2D eigenvalue weighted by Gasteiger charge is -2.01. The van der Waals surface area contributed by atoms with Gasteiger partial charge in [0.05, 0.1) is 12.1 Å². The third-order valence-corrected chi connectivity index (χ3v) is 2.85. The summed E-state index contributed by atoms with van der Waals surface area (Å²) in [5, 5.41) is 2.07. The molecule has 0 bridgehead atoms. The largest absolute Gasteiger partial charge is 0.477 e. The van der Waals surface area contributed by atoms with Crippen LogP contribution in [-0.2, 0) is 0 Å². The van der Waals surface area contributed by atoms with Gasteiger partial charge in [-0.3, -0.25) is 0 Å². The normalized spacial score (nSPS) is 10.6. The lowest BCUT2D eigenvalue weighted by molar-refractivity contribution is 0.331. The lowest BCUT2D eigenvalue weighted by atomic mass is 10.3. The van der Waals surface area contributed by atoms with Gasteiger partial charge < -0.3 is 4.74 Å². The van der Waals surface area contributed by atoms with E-state index in [1.165, 1.54) is 5.56 Å². The Morgan fingerprint density at radius 3 is 3.08 bits per heavy atom. The summed E-state index contributed by atoms with van der Waals surface area (Å²) in [5.74, 6) is 0.700. The van der Waals surface area contributed by atoms with E-state index in [-0.39, 0.29) is 0 Å². The number of fused-ring (bicyclic) bond motifs is 1. The molecule has 0 saturated heterocycles. The van der Waals surface area contributed by atoms with Crippen LogP contribution in [0.4, 0.5) is 0 Å². The predicted molar refractivity (Wildman–Crippen MR) is 53.3 cm³/mol. The number of rotatable bonds is 2. The lowest BCUT2D eigenvalue weighted by Crippen LogP contribution is -1.94. The molecule has 2 aromatic heterocycles. The molecule has 3 nitrogen and oxygen atoms in total. The second kappa shape index (κ2) is 3.30. The van der Waals surface area contributed by atoms with E-state index in [4.69, 9.17) is 4.74 Å². The van der Waals surface area contributed by atoms with Crippen LogP contribution in [0.15, 0.2) is 11.7 Å². The molecule has 0 unspecified atom stereocenters. The van der Waals surface area contributed by atoms with E-state index in [1.807, 2.05) is 13.8 Å². The van der Waals surface area contributed by atoms with Crippen molar-refractivity contribution >= 4 is 21.6 Å². The second-order valence-corrected chi connectivity index (χ2v) is 3.59. The average molecular weight is 194 g/mol. The van der Waals surface area contributed by atoms with Gasteiger partial charge in [-0.1, -0.05) is 0 Å². The molecule has 2 heterocycles. The summed E-state index contributed by atoms with van der Waals surface area (Å²) in [7, 11) is 0. The molecule has 2 aromatic rings. The SMILES string of the molecule is CCOc1ncnc2c(C)csc12. The molecule has 0 amide bonds. The summed E-state index contributed by atoms with van der Waals surface area (Å²) in [4.78, 5) is 8.29. The summed E-state index contributed by atoms with van der Waals surface area (Å²) in [5.41, 5.74) is 2.19. The molecule has 0 saturated carbocycles. The van der Waals surface area contributed by atoms with Crippen LogP contribution in [0.1, 0.15) is 12.5 Å². The van der Waals surface area contributed by atoms with Gasteiger partial charge >= 0.3 is 0 Å². The first-order chi connectivity index (χ1) is 6.33. The highest BCUT2D eigenvalue weighted by atomic mass is 32.1. The molecule has 0 aromatic carbocycles. The van der Waals surface area contributed by atoms with E-state index in [0.717, 1.165) is 10.2 Å². The van der Waals surface area contributed by atoms with Crippen LogP contribution in [0.25, 0.3) is 10.2 Å². The molecular formula is C9H10N2OS. The van der Waals surface area contributed by atoms with Crippen LogP contribution in [-0.4, -0.2) is 16.6 Å². The van der Waals surface area contributed by atoms with Crippen LogP contribution >= 0.6 is 11.3 Å². The van der Waals surface area contributed by atoms with E-state index in [2.05, 4.69) is 15.3 Å². The summed E-state index contributed by atoms with van der Waals surface area (Å²) in [6, 6.07) is 0. The molecule has 0 N–H and O–H groups in total. The van der Waals surface area contributed by atoms with Crippen molar-refractivity contribution in [3.63, 3.8) is 0 Å². The minimum absolute atomic E-state index is 0.642. The van der Waals surface area contributed by atoms with E-state index < -0.39 is 0 Å². The molecule has 68 valence electrons. The molecule has 0 aliphatic heterocycles. The molecule has 13 heavy (non-hydrogen) atoms. The maximum absolute atomic E-state index is 5.39. The van der Waals surface area contributed by atoms with Gasteiger partial charge in [-0.25, -0.2) is 9.97 Å². The third-order valence-electron chi connectivity index (χ3n) is 1.78. The topological polar surface area (TPSA) is 35.0 Å². The van der Waals surface area contributed by atoms with Crippen LogP contribution < -0.4 is 4.74 Å². The Morgan fingerprint density at radius 2 is 2.31 bits per heavy atom. The van der Waals surface area contributed by atoms with E-state index in [1.54, 1.807) is 17.7 Å². The molecule has 2 rings (SSSR count). The first-order valence-corrected chi connectivity index (χ1v) is 5.02. The van der Waals surface area contributed by atoms with Crippen molar-refractivity contribution in [2.75, 3.05) is 6.61 Å². The van der Waals surface area contributed by atoms with Crippen molar-refractivity contribution in [2.24, 2.45) is 0 Å². The number of thiophene rings is 1. The highest BCUT2D eigenvalue weighted by Crippen LogP contribution is 2.29. The Bertz CT molecular complexity index is 424. The monoisotopic (exact) mass is 194 g/mol. The van der Waals surface area contributed by atoms with Crippen molar-refractivity contribution in [1.82, 2.24) is 9.97 Å². The minimum atomic E-state index is 0.642. The third kappa shape index (κ3) is 1.37. The molecular weight excluding hydrogens is 184 g/mol. The van der Waals surface area contributed by atoms with E-state index >= 15 is 0 Å². The first kappa shape index (κ1) is 8.44. The summed E-state index contributed by atoms with van der Waals surface area (Å²) in [6.45, 7) is 4.64. The quantitative estimate of drug-likeness (QED) is 0.736. The first-order valence-electron chi connectivity index (χ1n) is 4.14. The maximum Gasteiger partial charge on any atom is 0.234 e. The number of nitrogens with zero attached hydrogens (tertiary/aromatic N) is 2. The number of aryl methyl sites for hydroxylation is 1. The zero-order valence-corrected chi connectivity index (χ0v) is 8.39. The molecule has 0 spiro atoms. The highest BCUT2D eigenvalue weighted by Gasteiger charge is 2.07. The van der Waals surface area contributed by atoms with Crippen molar-refractivity contribution in [2.45, 2.75) is 13.8 Å². The van der Waals surface area contributed by atoms with Gasteiger partial charge in [0.15, 0.2) is 0 Å².